The molecule has 1 N–H and O–H groups in total. The van der Waals surface area contributed by atoms with E-state index in [4.69, 9.17) is 5.11 Å². The zero-order valence-electron chi connectivity index (χ0n) is 11.8. The Labute approximate surface area is 109 Å². The van der Waals surface area contributed by atoms with Gasteiger partial charge in [0.05, 0.1) is 6.61 Å². The van der Waals surface area contributed by atoms with Crippen molar-refractivity contribution in [1.82, 2.24) is 4.90 Å². The van der Waals surface area contributed by atoms with E-state index in [9.17, 15) is 4.79 Å². The topological polar surface area (TPSA) is 40.5 Å². The van der Waals surface area contributed by atoms with E-state index in [1.54, 1.807) is 4.90 Å². The predicted octanol–water partition coefficient (Wildman–Crippen LogP) is 2.46. The molecule has 0 saturated carbocycles. The standard InChI is InChI=1S/C15H23NO2/c1-5-6-16(7-8-17)15(18)14-12(3)9-11(2)10-13(14)4/h9-10,17H,5-8H2,1-4H3. The van der Waals surface area contributed by atoms with Crippen LogP contribution in [0.15, 0.2) is 12.1 Å². The predicted molar refractivity (Wildman–Crippen MR) is 73.9 cm³/mol. The van der Waals surface area contributed by atoms with Gasteiger partial charge in [-0.15, -0.1) is 0 Å². The molecule has 3 heteroatoms. The van der Waals surface area contributed by atoms with Crippen LogP contribution in [0.3, 0.4) is 0 Å². The SMILES string of the molecule is CCCN(CCO)C(=O)c1c(C)cc(C)cc1C. The minimum absolute atomic E-state index is 0.00962. The molecular weight excluding hydrogens is 226 g/mol. The molecule has 1 rings (SSSR count). The second kappa shape index (κ2) is 6.55. The van der Waals surface area contributed by atoms with Crippen LogP contribution in [0.2, 0.25) is 0 Å². The molecule has 0 aliphatic rings. The molecule has 100 valence electrons. The van der Waals surface area contributed by atoms with Gasteiger partial charge in [0.25, 0.3) is 5.91 Å². The molecule has 0 unspecified atom stereocenters. The first-order valence-corrected chi connectivity index (χ1v) is 6.49. The van der Waals surface area contributed by atoms with Gasteiger partial charge in [-0.3, -0.25) is 4.79 Å². The van der Waals surface area contributed by atoms with E-state index >= 15 is 0 Å². The molecule has 18 heavy (non-hydrogen) atoms. The summed E-state index contributed by atoms with van der Waals surface area (Å²) in [6.45, 7) is 9.10. The smallest absolute Gasteiger partial charge is 0.254 e. The van der Waals surface area contributed by atoms with Crippen molar-refractivity contribution in [3.05, 3.63) is 34.4 Å². The highest BCUT2D eigenvalue weighted by Crippen LogP contribution is 2.18. The lowest BCUT2D eigenvalue weighted by molar-refractivity contribution is 0.0720. The molecule has 0 heterocycles. The monoisotopic (exact) mass is 249 g/mol. The van der Waals surface area contributed by atoms with E-state index in [1.165, 1.54) is 5.56 Å². The zero-order valence-corrected chi connectivity index (χ0v) is 11.8. The van der Waals surface area contributed by atoms with Gasteiger partial charge in [-0.25, -0.2) is 0 Å². The minimum atomic E-state index is 0.00962. The molecule has 0 spiro atoms. The van der Waals surface area contributed by atoms with Crippen molar-refractivity contribution >= 4 is 5.91 Å². The first-order chi connectivity index (χ1) is 8.51. The summed E-state index contributed by atoms with van der Waals surface area (Å²) in [4.78, 5) is 14.2. The maximum Gasteiger partial charge on any atom is 0.254 e. The Balaban J connectivity index is 3.08. The van der Waals surface area contributed by atoms with Gasteiger partial charge in [0.15, 0.2) is 0 Å². The second-order valence-electron chi connectivity index (χ2n) is 4.79. The summed E-state index contributed by atoms with van der Waals surface area (Å²) in [7, 11) is 0. The van der Waals surface area contributed by atoms with Crippen LogP contribution in [0.5, 0.6) is 0 Å². The van der Waals surface area contributed by atoms with Gasteiger partial charge >= 0.3 is 0 Å². The number of aliphatic hydroxyl groups excluding tert-OH is 1. The van der Waals surface area contributed by atoms with Gasteiger partial charge in [0.1, 0.15) is 0 Å². The molecule has 0 saturated heterocycles. The maximum absolute atomic E-state index is 12.5. The lowest BCUT2D eigenvalue weighted by Gasteiger charge is -2.23. The Morgan fingerprint density at radius 1 is 1.17 bits per heavy atom. The summed E-state index contributed by atoms with van der Waals surface area (Å²) in [5, 5.41) is 9.05. The van der Waals surface area contributed by atoms with Gasteiger partial charge < -0.3 is 10.0 Å². The number of amides is 1. The summed E-state index contributed by atoms with van der Waals surface area (Å²) < 4.78 is 0. The van der Waals surface area contributed by atoms with Gasteiger partial charge in [0.2, 0.25) is 0 Å². The average molecular weight is 249 g/mol. The highest BCUT2D eigenvalue weighted by molar-refractivity contribution is 5.97. The minimum Gasteiger partial charge on any atom is -0.395 e. The van der Waals surface area contributed by atoms with Crippen LogP contribution < -0.4 is 0 Å². The molecule has 0 bridgehead atoms. The van der Waals surface area contributed by atoms with E-state index in [0.29, 0.717) is 13.1 Å². The van der Waals surface area contributed by atoms with Gasteiger partial charge in [0, 0.05) is 18.7 Å². The van der Waals surface area contributed by atoms with Crippen molar-refractivity contribution in [3.63, 3.8) is 0 Å². The third kappa shape index (κ3) is 3.33. The molecule has 0 aliphatic heterocycles. The van der Waals surface area contributed by atoms with Crippen LogP contribution in [0, 0.1) is 20.8 Å². The summed E-state index contributed by atoms with van der Waals surface area (Å²) in [6, 6.07) is 4.06. The van der Waals surface area contributed by atoms with E-state index in [2.05, 4.69) is 0 Å². The fourth-order valence-electron chi connectivity index (χ4n) is 2.38. The van der Waals surface area contributed by atoms with Crippen molar-refractivity contribution in [2.45, 2.75) is 34.1 Å². The number of rotatable bonds is 5. The quantitative estimate of drug-likeness (QED) is 0.870. The van der Waals surface area contributed by atoms with Crippen molar-refractivity contribution in [1.29, 1.82) is 0 Å². The van der Waals surface area contributed by atoms with Gasteiger partial charge in [-0.05, 0) is 38.3 Å². The van der Waals surface area contributed by atoms with Crippen LogP contribution in [-0.2, 0) is 0 Å². The Morgan fingerprint density at radius 2 is 1.72 bits per heavy atom. The van der Waals surface area contributed by atoms with Crippen LogP contribution in [0.1, 0.15) is 40.4 Å². The molecule has 0 aliphatic carbocycles. The molecule has 0 atom stereocenters. The van der Waals surface area contributed by atoms with E-state index in [1.807, 2.05) is 39.8 Å². The molecular formula is C15H23NO2. The zero-order chi connectivity index (χ0) is 13.7. The van der Waals surface area contributed by atoms with E-state index in [-0.39, 0.29) is 12.5 Å². The number of benzene rings is 1. The summed E-state index contributed by atoms with van der Waals surface area (Å²) >= 11 is 0. The lowest BCUT2D eigenvalue weighted by atomic mass is 9.98. The van der Waals surface area contributed by atoms with Crippen LogP contribution in [0.4, 0.5) is 0 Å². The third-order valence-electron chi connectivity index (χ3n) is 3.04. The molecule has 1 aromatic carbocycles. The molecule has 0 radical (unpaired) electrons. The third-order valence-corrected chi connectivity index (χ3v) is 3.04. The largest absolute Gasteiger partial charge is 0.395 e. The number of aliphatic hydroxyl groups is 1. The van der Waals surface area contributed by atoms with E-state index < -0.39 is 0 Å². The number of aryl methyl sites for hydroxylation is 3. The normalized spacial score (nSPS) is 10.5. The Hall–Kier alpha value is -1.35. The number of nitrogens with zero attached hydrogens (tertiary/aromatic N) is 1. The Kier molecular flexibility index (Phi) is 5.35. The molecule has 0 fully saturated rings. The summed E-state index contributed by atoms with van der Waals surface area (Å²) in [6.07, 6.45) is 0.899. The fourth-order valence-corrected chi connectivity index (χ4v) is 2.38. The van der Waals surface area contributed by atoms with E-state index in [0.717, 1.165) is 23.1 Å². The Bertz CT molecular complexity index is 397. The maximum atomic E-state index is 12.5. The van der Waals surface area contributed by atoms with Gasteiger partial charge in [-0.2, -0.15) is 0 Å². The average Bonchev–Trinajstić information content (AvgIpc) is 2.27. The van der Waals surface area contributed by atoms with Crippen molar-refractivity contribution in [2.75, 3.05) is 19.7 Å². The summed E-state index contributed by atoms with van der Waals surface area (Å²) in [5.41, 5.74) is 3.97. The Morgan fingerprint density at radius 3 is 2.17 bits per heavy atom. The summed E-state index contributed by atoms with van der Waals surface area (Å²) in [5.74, 6) is 0.0286. The van der Waals surface area contributed by atoms with Crippen LogP contribution in [-0.4, -0.2) is 35.6 Å². The van der Waals surface area contributed by atoms with Crippen LogP contribution >= 0.6 is 0 Å². The molecule has 1 aromatic rings. The van der Waals surface area contributed by atoms with Crippen LogP contribution in [0.25, 0.3) is 0 Å². The van der Waals surface area contributed by atoms with Crippen molar-refractivity contribution in [3.8, 4) is 0 Å². The molecule has 1 amide bonds. The highest BCUT2D eigenvalue weighted by Gasteiger charge is 2.18. The number of hydrogen-bond donors (Lipinski definition) is 1. The number of carbonyl (C=O) groups excluding carboxylic acids is 1. The molecule has 0 aromatic heterocycles. The lowest BCUT2D eigenvalue weighted by Crippen LogP contribution is -2.35. The number of hydrogen-bond acceptors (Lipinski definition) is 2. The number of carbonyl (C=O) groups is 1. The van der Waals surface area contributed by atoms with Crippen molar-refractivity contribution < 1.29 is 9.90 Å². The van der Waals surface area contributed by atoms with Crippen molar-refractivity contribution in [2.24, 2.45) is 0 Å². The first kappa shape index (κ1) is 14.7. The molecule has 3 nitrogen and oxygen atoms in total. The van der Waals surface area contributed by atoms with Gasteiger partial charge in [-0.1, -0.05) is 24.6 Å². The second-order valence-corrected chi connectivity index (χ2v) is 4.79. The first-order valence-electron chi connectivity index (χ1n) is 6.49. The highest BCUT2D eigenvalue weighted by atomic mass is 16.3. The fraction of sp³-hybridized carbons (Fsp3) is 0.533.